The average Bonchev–Trinajstić information content (AvgIpc) is 2.63. The molecule has 2 aliphatic heterocycles. The molecule has 2 heterocycles. The standard InChI is InChI=1S/C21H21BOS/c1-5-9-13-17-19(7-3)24-20(8-4)21-15(6-2)16-12-10-11-14-18(16)23-22(17)21/h5-14H,4H2,1-3H3/b9-5-,15-6-,17-13+,19-7+. The number of fused-ring (bicyclic) bond motifs is 2. The quantitative estimate of drug-likeness (QED) is 0.601. The summed E-state index contributed by atoms with van der Waals surface area (Å²) in [4.78, 5) is 2.40. The molecule has 3 heteroatoms. The number of hydrogen-bond acceptors (Lipinski definition) is 2. The highest BCUT2D eigenvalue weighted by molar-refractivity contribution is 8.07. The van der Waals surface area contributed by atoms with E-state index in [0.717, 1.165) is 11.3 Å². The lowest BCUT2D eigenvalue weighted by atomic mass is 9.49. The lowest BCUT2D eigenvalue weighted by molar-refractivity contribution is 0.577. The molecule has 120 valence electrons. The van der Waals surface area contributed by atoms with Crippen molar-refractivity contribution in [3.8, 4) is 5.75 Å². The number of thioether (sulfide) groups is 1. The van der Waals surface area contributed by atoms with Crippen LogP contribution < -0.4 is 4.65 Å². The van der Waals surface area contributed by atoms with Crippen LogP contribution in [0.4, 0.5) is 0 Å². The molecule has 0 atom stereocenters. The zero-order chi connectivity index (χ0) is 17.1. The normalized spacial score (nSPS) is 22.1. The van der Waals surface area contributed by atoms with Crippen LogP contribution in [-0.4, -0.2) is 6.92 Å². The third-order valence-electron chi connectivity index (χ3n) is 4.23. The highest BCUT2D eigenvalue weighted by atomic mass is 32.2. The molecule has 0 radical (unpaired) electrons. The van der Waals surface area contributed by atoms with Gasteiger partial charge in [0, 0.05) is 15.4 Å². The maximum Gasteiger partial charge on any atom is 0.429 e. The van der Waals surface area contributed by atoms with Gasteiger partial charge in [0.15, 0.2) is 0 Å². The molecule has 0 bridgehead atoms. The van der Waals surface area contributed by atoms with E-state index in [-0.39, 0.29) is 6.92 Å². The van der Waals surface area contributed by atoms with Crippen molar-refractivity contribution in [2.24, 2.45) is 0 Å². The van der Waals surface area contributed by atoms with Crippen molar-refractivity contribution in [2.75, 3.05) is 0 Å². The van der Waals surface area contributed by atoms with Gasteiger partial charge < -0.3 is 4.65 Å². The molecule has 0 amide bonds. The smallest absolute Gasteiger partial charge is 0.429 e. The van der Waals surface area contributed by atoms with Gasteiger partial charge in [0.05, 0.1) is 0 Å². The maximum atomic E-state index is 6.44. The number of para-hydroxylation sites is 1. The zero-order valence-corrected chi connectivity index (χ0v) is 15.2. The van der Waals surface area contributed by atoms with Crippen LogP contribution in [0.2, 0.25) is 0 Å². The molecule has 1 aromatic carbocycles. The summed E-state index contributed by atoms with van der Waals surface area (Å²) >= 11 is 1.77. The van der Waals surface area contributed by atoms with E-state index in [1.165, 1.54) is 26.3 Å². The van der Waals surface area contributed by atoms with Gasteiger partial charge in [-0.15, -0.1) is 0 Å². The summed E-state index contributed by atoms with van der Waals surface area (Å²) in [5, 5.41) is 0. The van der Waals surface area contributed by atoms with Crippen molar-refractivity contribution in [2.45, 2.75) is 20.8 Å². The second kappa shape index (κ2) is 7.19. The van der Waals surface area contributed by atoms with E-state index in [9.17, 15) is 0 Å². The molecule has 0 N–H and O–H groups in total. The third-order valence-corrected chi connectivity index (χ3v) is 5.53. The van der Waals surface area contributed by atoms with Crippen molar-refractivity contribution < 1.29 is 4.65 Å². The lowest BCUT2D eigenvalue weighted by Crippen LogP contribution is -2.35. The molecule has 0 unspecified atom stereocenters. The van der Waals surface area contributed by atoms with Gasteiger partial charge in [0.2, 0.25) is 0 Å². The fraction of sp³-hybridized carbons (Fsp3) is 0.143. The molecule has 0 spiro atoms. The molecule has 0 fully saturated rings. The van der Waals surface area contributed by atoms with Crippen molar-refractivity contribution in [3.63, 3.8) is 0 Å². The summed E-state index contributed by atoms with van der Waals surface area (Å²) < 4.78 is 6.44. The summed E-state index contributed by atoms with van der Waals surface area (Å²) in [7, 11) is 0. The molecule has 3 rings (SSSR count). The molecule has 0 aromatic heterocycles. The average molecular weight is 332 g/mol. The first-order valence-electron chi connectivity index (χ1n) is 8.21. The maximum absolute atomic E-state index is 6.44. The summed E-state index contributed by atoms with van der Waals surface area (Å²) in [5.74, 6) is 0.941. The Kier molecular flexibility index (Phi) is 5.01. The Balaban J connectivity index is 2.28. The van der Waals surface area contributed by atoms with E-state index in [1.54, 1.807) is 11.8 Å². The first kappa shape index (κ1) is 16.7. The van der Waals surface area contributed by atoms with Gasteiger partial charge in [0.25, 0.3) is 0 Å². The Morgan fingerprint density at radius 2 is 1.92 bits per heavy atom. The fourth-order valence-corrected chi connectivity index (χ4v) is 4.22. The summed E-state index contributed by atoms with van der Waals surface area (Å²) in [6, 6.07) is 8.26. The number of rotatable bonds is 2. The van der Waals surface area contributed by atoms with Crippen molar-refractivity contribution in [1.29, 1.82) is 0 Å². The van der Waals surface area contributed by atoms with Gasteiger partial charge in [-0.1, -0.05) is 73.0 Å². The fourth-order valence-electron chi connectivity index (χ4n) is 3.16. The Bertz CT molecular complexity index is 824. The van der Waals surface area contributed by atoms with Crippen LogP contribution in [0.5, 0.6) is 5.75 Å². The van der Waals surface area contributed by atoms with E-state index in [1.807, 2.05) is 31.2 Å². The Morgan fingerprint density at radius 1 is 1.12 bits per heavy atom. The Morgan fingerprint density at radius 3 is 2.58 bits per heavy atom. The van der Waals surface area contributed by atoms with Crippen LogP contribution in [0.3, 0.4) is 0 Å². The molecular weight excluding hydrogens is 311 g/mol. The predicted molar refractivity (Wildman–Crippen MR) is 108 cm³/mol. The molecule has 0 saturated carbocycles. The topological polar surface area (TPSA) is 9.23 Å². The van der Waals surface area contributed by atoms with Gasteiger partial charge in [-0.05, 0) is 43.4 Å². The van der Waals surface area contributed by atoms with Gasteiger partial charge >= 0.3 is 6.92 Å². The number of benzene rings is 1. The van der Waals surface area contributed by atoms with Crippen LogP contribution >= 0.6 is 11.8 Å². The third kappa shape index (κ3) is 2.74. The number of allylic oxidation sites excluding steroid dienone is 9. The van der Waals surface area contributed by atoms with Crippen molar-refractivity contribution in [3.05, 3.63) is 93.6 Å². The van der Waals surface area contributed by atoms with Gasteiger partial charge in [0.1, 0.15) is 5.75 Å². The molecule has 0 aliphatic carbocycles. The minimum Gasteiger partial charge on any atom is -0.551 e. The summed E-state index contributed by atoms with van der Waals surface area (Å²) in [6.45, 7) is 10.1. The second-order valence-electron chi connectivity index (χ2n) is 5.58. The first-order chi connectivity index (χ1) is 11.7. The van der Waals surface area contributed by atoms with E-state index >= 15 is 0 Å². The van der Waals surface area contributed by atoms with E-state index in [0.29, 0.717) is 0 Å². The van der Waals surface area contributed by atoms with Crippen LogP contribution in [-0.2, 0) is 0 Å². The van der Waals surface area contributed by atoms with Gasteiger partial charge in [-0.25, -0.2) is 0 Å². The molecule has 24 heavy (non-hydrogen) atoms. The number of hydrogen-bond donors (Lipinski definition) is 0. The molecule has 0 saturated heterocycles. The van der Waals surface area contributed by atoms with Crippen LogP contribution in [0.15, 0.2) is 88.1 Å². The summed E-state index contributed by atoms with van der Waals surface area (Å²) in [6.07, 6.45) is 12.6. The van der Waals surface area contributed by atoms with Gasteiger partial charge in [-0.2, -0.15) is 0 Å². The van der Waals surface area contributed by atoms with Crippen molar-refractivity contribution in [1.82, 2.24) is 0 Å². The van der Waals surface area contributed by atoms with E-state index in [2.05, 4.69) is 56.9 Å². The van der Waals surface area contributed by atoms with Crippen LogP contribution in [0.25, 0.3) is 5.57 Å². The van der Waals surface area contributed by atoms with Crippen molar-refractivity contribution >= 4 is 24.3 Å². The van der Waals surface area contributed by atoms with E-state index < -0.39 is 0 Å². The highest BCUT2D eigenvalue weighted by Crippen LogP contribution is 2.50. The molecule has 1 nitrogen and oxygen atoms in total. The minimum atomic E-state index is -0.0947. The monoisotopic (exact) mass is 332 g/mol. The largest absolute Gasteiger partial charge is 0.551 e. The first-order valence-corrected chi connectivity index (χ1v) is 9.03. The Hall–Kier alpha value is -2.13. The Labute approximate surface area is 149 Å². The SMILES string of the molecule is C=CC1=C2B(Oc3ccccc3/C2=C/C)C(=C/C=C\C)/C(=C\C)S1. The second-order valence-corrected chi connectivity index (χ2v) is 6.67. The summed E-state index contributed by atoms with van der Waals surface area (Å²) in [5.41, 5.74) is 4.82. The van der Waals surface area contributed by atoms with Crippen LogP contribution in [0.1, 0.15) is 26.3 Å². The molecule has 2 aliphatic rings. The minimum absolute atomic E-state index is 0.0947. The zero-order valence-electron chi connectivity index (χ0n) is 14.4. The molecular formula is C21H21BOS. The van der Waals surface area contributed by atoms with E-state index in [4.69, 9.17) is 4.65 Å². The molecule has 1 aromatic rings. The van der Waals surface area contributed by atoms with Crippen LogP contribution in [0, 0.1) is 0 Å². The predicted octanol–water partition coefficient (Wildman–Crippen LogP) is 6.15. The highest BCUT2D eigenvalue weighted by Gasteiger charge is 2.41. The lowest BCUT2D eigenvalue weighted by Gasteiger charge is -2.35. The van der Waals surface area contributed by atoms with Gasteiger partial charge in [-0.3, -0.25) is 0 Å².